The lowest BCUT2D eigenvalue weighted by Crippen LogP contribution is -2.37. The molecule has 0 atom stereocenters. The van der Waals surface area contributed by atoms with Crippen LogP contribution in [0.25, 0.3) is 0 Å². The van der Waals surface area contributed by atoms with E-state index in [4.69, 9.17) is 5.73 Å². The lowest BCUT2D eigenvalue weighted by Gasteiger charge is -2.34. The van der Waals surface area contributed by atoms with Gasteiger partial charge in [0.25, 0.3) is 0 Å². The highest BCUT2D eigenvalue weighted by atomic mass is 15.1. The molecule has 0 heterocycles. The van der Waals surface area contributed by atoms with Gasteiger partial charge in [0, 0.05) is 29.9 Å². The molecule has 2 aromatic carbocycles. The van der Waals surface area contributed by atoms with E-state index in [1.54, 1.807) is 0 Å². The van der Waals surface area contributed by atoms with E-state index in [9.17, 15) is 0 Å². The summed E-state index contributed by atoms with van der Waals surface area (Å²) in [7, 11) is 0. The number of nitrogen functional groups attached to an aromatic ring is 1. The number of anilines is 2. The minimum Gasteiger partial charge on any atom is -0.399 e. The fourth-order valence-electron chi connectivity index (χ4n) is 2.53. The van der Waals surface area contributed by atoms with Crippen molar-refractivity contribution in [2.24, 2.45) is 0 Å². The molecule has 0 aliphatic heterocycles. The molecular weight excluding hydrogens is 244 g/mol. The van der Waals surface area contributed by atoms with Gasteiger partial charge in [-0.25, -0.2) is 0 Å². The number of para-hydroxylation sites is 1. The van der Waals surface area contributed by atoms with E-state index >= 15 is 0 Å². The largest absolute Gasteiger partial charge is 0.399 e. The highest BCUT2D eigenvalue weighted by Gasteiger charge is 2.23. The van der Waals surface area contributed by atoms with Crippen molar-refractivity contribution in [2.75, 3.05) is 23.7 Å². The number of hydrogen-bond donors (Lipinski definition) is 1. The van der Waals surface area contributed by atoms with Crippen molar-refractivity contribution in [2.45, 2.75) is 26.2 Å². The topological polar surface area (TPSA) is 29.3 Å². The van der Waals surface area contributed by atoms with Crippen molar-refractivity contribution in [1.82, 2.24) is 0 Å². The van der Waals surface area contributed by atoms with E-state index in [1.807, 2.05) is 12.1 Å². The number of likely N-dealkylation sites (N-methyl/N-ethyl adjacent to an activating group) is 1. The molecule has 0 saturated heterocycles. The van der Waals surface area contributed by atoms with Crippen molar-refractivity contribution in [3.8, 4) is 0 Å². The summed E-state index contributed by atoms with van der Waals surface area (Å²) in [5.41, 5.74) is 9.28. The van der Waals surface area contributed by atoms with Crippen LogP contribution in [0.1, 0.15) is 26.3 Å². The Hall–Kier alpha value is -1.96. The van der Waals surface area contributed by atoms with Crippen LogP contribution in [0.3, 0.4) is 0 Å². The van der Waals surface area contributed by atoms with Crippen molar-refractivity contribution in [3.05, 3.63) is 60.2 Å². The van der Waals surface area contributed by atoms with E-state index in [0.717, 1.165) is 18.8 Å². The summed E-state index contributed by atoms with van der Waals surface area (Å²) in [5, 5.41) is 0. The summed E-state index contributed by atoms with van der Waals surface area (Å²) in [4.78, 5) is 2.41. The lowest BCUT2D eigenvalue weighted by atomic mass is 9.84. The number of benzene rings is 2. The maximum absolute atomic E-state index is 5.78. The van der Waals surface area contributed by atoms with Crippen LogP contribution < -0.4 is 10.6 Å². The van der Waals surface area contributed by atoms with Crippen LogP contribution in [0.2, 0.25) is 0 Å². The zero-order valence-electron chi connectivity index (χ0n) is 12.6. The van der Waals surface area contributed by atoms with Crippen LogP contribution in [-0.4, -0.2) is 13.1 Å². The maximum Gasteiger partial charge on any atom is 0.0366 e. The van der Waals surface area contributed by atoms with Crippen LogP contribution in [0, 0.1) is 0 Å². The molecule has 0 aromatic heterocycles. The van der Waals surface area contributed by atoms with Crippen LogP contribution in [-0.2, 0) is 5.41 Å². The van der Waals surface area contributed by atoms with Crippen molar-refractivity contribution >= 4 is 11.4 Å². The van der Waals surface area contributed by atoms with E-state index < -0.39 is 0 Å². The van der Waals surface area contributed by atoms with Crippen LogP contribution >= 0.6 is 0 Å². The smallest absolute Gasteiger partial charge is 0.0366 e. The average Bonchev–Trinajstić information content (AvgIpc) is 2.46. The van der Waals surface area contributed by atoms with E-state index in [1.165, 1.54) is 11.3 Å². The Kier molecular flexibility index (Phi) is 4.33. The third-order valence-corrected chi connectivity index (χ3v) is 3.78. The van der Waals surface area contributed by atoms with Gasteiger partial charge in [0.05, 0.1) is 0 Å². The van der Waals surface area contributed by atoms with Crippen molar-refractivity contribution in [1.29, 1.82) is 0 Å². The molecule has 20 heavy (non-hydrogen) atoms. The fraction of sp³-hybridized carbons (Fsp3) is 0.333. The highest BCUT2D eigenvalue weighted by molar-refractivity contribution is 5.48. The molecule has 0 spiro atoms. The quantitative estimate of drug-likeness (QED) is 0.828. The Morgan fingerprint density at radius 1 is 0.950 bits per heavy atom. The molecule has 0 aliphatic carbocycles. The van der Waals surface area contributed by atoms with Gasteiger partial charge in [-0.2, -0.15) is 0 Å². The van der Waals surface area contributed by atoms with Gasteiger partial charge in [0.15, 0.2) is 0 Å². The predicted molar refractivity (Wildman–Crippen MR) is 88.2 cm³/mol. The Morgan fingerprint density at radius 2 is 1.55 bits per heavy atom. The second-order valence-electron chi connectivity index (χ2n) is 5.86. The second kappa shape index (κ2) is 6.00. The minimum absolute atomic E-state index is 0.0829. The van der Waals surface area contributed by atoms with Crippen molar-refractivity contribution < 1.29 is 0 Å². The van der Waals surface area contributed by atoms with Crippen molar-refractivity contribution in [3.63, 3.8) is 0 Å². The molecule has 0 unspecified atom stereocenters. The number of hydrogen-bond acceptors (Lipinski definition) is 2. The molecule has 0 aliphatic rings. The molecule has 2 nitrogen and oxygen atoms in total. The molecule has 2 heteroatoms. The predicted octanol–water partition coefficient (Wildman–Crippen LogP) is 4.07. The molecule has 0 fully saturated rings. The van der Waals surface area contributed by atoms with E-state index in [2.05, 4.69) is 68.1 Å². The molecule has 0 bridgehead atoms. The van der Waals surface area contributed by atoms with Gasteiger partial charge >= 0.3 is 0 Å². The highest BCUT2D eigenvalue weighted by Crippen LogP contribution is 2.27. The van der Waals surface area contributed by atoms with Gasteiger partial charge in [-0.05, 0) is 36.8 Å². The number of rotatable bonds is 5. The summed E-state index contributed by atoms with van der Waals surface area (Å²) in [6.07, 6.45) is 0. The fourth-order valence-corrected chi connectivity index (χ4v) is 2.53. The first-order valence-electron chi connectivity index (χ1n) is 7.19. The summed E-state index contributed by atoms with van der Waals surface area (Å²) >= 11 is 0. The van der Waals surface area contributed by atoms with Gasteiger partial charge in [0.1, 0.15) is 0 Å². The molecule has 0 amide bonds. The molecule has 2 N–H and O–H groups in total. The molecule has 106 valence electrons. The first-order chi connectivity index (χ1) is 9.53. The minimum atomic E-state index is 0.0829. The molecule has 2 aromatic rings. The first kappa shape index (κ1) is 14.4. The number of nitrogens with zero attached hydrogens (tertiary/aromatic N) is 1. The summed E-state index contributed by atoms with van der Waals surface area (Å²) in [6.45, 7) is 8.75. The molecular formula is C18H24N2. The Bertz CT molecular complexity index is 529. The SMILES string of the molecule is CCN(CC(C)(C)c1ccc(N)cc1)c1ccccc1. The van der Waals surface area contributed by atoms with Gasteiger partial charge < -0.3 is 10.6 Å². The first-order valence-corrected chi connectivity index (χ1v) is 7.19. The molecule has 2 rings (SSSR count). The summed E-state index contributed by atoms with van der Waals surface area (Å²) < 4.78 is 0. The third-order valence-electron chi connectivity index (χ3n) is 3.78. The average molecular weight is 268 g/mol. The van der Waals surface area contributed by atoms with Gasteiger partial charge in [-0.15, -0.1) is 0 Å². The zero-order valence-corrected chi connectivity index (χ0v) is 12.6. The normalized spacial score (nSPS) is 11.3. The van der Waals surface area contributed by atoms with Crippen LogP contribution in [0.4, 0.5) is 11.4 Å². The van der Waals surface area contributed by atoms with Crippen LogP contribution in [0.15, 0.2) is 54.6 Å². The Balaban J connectivity index is 2.19. The van der Waals surface area contributed by atoms with E-state index in [0.29, 0.717) is 0 Å². The monoisotopic (exact) mass is 268 g/mol. The van der Waals surface area contributed by atoms with Crippen LogP contribution in [0.5, 0.6) is 0 Å². The Morgan fingerprint density at radius 3 is 2.10 bits per heavy atom. The van der Waals surface area contributed by atoms with Gasteiger partial charge in [-0.3, -0.25) is 0 Å². The second-order valence-corrected chi connectivity index (χ2v) is 5.86. The summed E-state index contributed by atoms with van der Waals surface area (Å²) in [6, 6.07) is 18.8. The third kappa shape index (κ3) is 3.32. The van der Waals surface area contributed by atoms with Gasteiger partial charge in [-0.1, -0.05) is 44.2 Å². The van der Waals surface area contributed by atoms with Gasteiger partial charge in [0.2, 0.25) is 0 Å². The zero-order chi connectivity index (χ0) is 14.6. The molecule has 0 saturated carbocycles. The summed E-state index contributed by atoms with van der Waals surface area (Å²) in [5.74, 6) is 0. The Labute approximate surface area is 122 Å². The molecule has 0 radical (unpaired) electrons. The standard InChI is InChI=1S/C18H24N2/c1-4-20(17-8-6-5-7-9-17)14-18(2,3)15-10-12-16(19)13-11-15/h5-13H,4,14,19H2,1-3H3. The number of nitrogens with two attached hydrogens (primary N) is 1. The van der Waals surface area contributed by atoms with E-state index in [-0.39, 0.29) is 5.41 Å². The maximum atomic E-state index is 5.78. The lowest BCUT2D eigenvalue weighted by molar-refractivity contribution is 0.514.